The van der Waals surface area contributed by atoms with Crippen molar-refractivity contribution in [3.8, 4) is 5.75 Å². The first kappa shape index (κ1) is 13.7. The van der Waals surface area contributed by atoms with E-state index in [1.54, 1.807) is 0 Å². The molecular formula is C16H24N2O2. The molecule has 0 saturated carbocycles. The molecule has 0 radical (unpaired) electrons. The Hall–Kier alpha value is -1.26. The van der Waals surface area contributed by atoms with Crippen molar-refractivity contribution in [1.29, 1.82) is 0 Å². The largest absolute Gasteiger partial charge is 0.491 e. The van der Waals surface area contributed by atoms with Gasteiger partial charge in [-0.25, -0.2) is 0 Å². The summed E-state index contributed by atoms with van der Waals surface area (Å²) in [5.41, 5.74) is 1.28. The number of nitrogens with one attached hydrogen (secondary N) is 1. The van der Waals surface area contributed by atoms with Gasteiger partial charge in [0.15, 0.2) is 0 Å². The van der Waals surface area contributed by atoms with Crippen molar-refractivity contribution in [2.45, 2.75) is 32.0 Å². The molecule has 2 aliphatic heterocycles. The average Bonchev–Trinajstić information content (AvgIpc) is 2.92. The molecular weight excluding hydrogens is 252 g/mol. The molecule has 4 nitrogen and oxygen atoms in total. The zero-order valence-electron chi connectivity index (χ0n) is 12.2. The van der Waals surface area contributed by atoms with Gasteiger partial charge >= 0.3 is 0 Å². The standard InChI is InChI=1S/C16H24N2O2/c1-13-2-5-16(20-13)12-19-15-6-3-14(4-7-15)18-10-8-17-9-11-18/h3-4,6-7,13,16-17H,2,5,8-12H2,1H3. The van der Waals surface area contributed by atoms with Crippen LogP contribution in [0.2, 0.25) is 0 Å². The summed E-state index contributed by atoms with van der Waals surface area (Å²) in [7, 11) is 0. The Morgan fingerprint density at radius 2 is 1.95 bits per heavy atom. The molecule has 2 fully saturated rings. The molecule has 0 aromatic heterocycles. The van der Waals surface area contributed by atoms with Gasteiger partial charge in [-0.05, 0) is 44.0 Å². The summed E-state index contributed by atoms with van der Waals surface area (Å²) in [5.74, 6) is 0.937. The van der Waals surface area contributed by atoms with Crippen LogP contribution in [0.1, 0.15) is 19.8 Å². The topological polar surface area (TPSA) is 33.7 Å². The molecule has 0 bridgehead atoms. The average molecular weight is 276 g/mol. The third-order valence-electron chi connectivity index (χ3n) is 4.07. The van der Waals surface area contributed by atoms with E-state index in [1.807, 2.05) is 0 Å². The Labute approximate surface area is 121 Å². The molecule has 2 atom stereocenters. The van der Waals surface area contributed by atoms with Crippen LogP contribution in [0.3, 0.4) is 0 Å². The second-order valence-electron chi connectivity index (χ2n) is 5.69. The highest BCUT2D eigenvalue weighted by molar-refractivity contribution is 5.49. The number of anilines is 1. The first-order valence-electron chi connectivity index (χ1n) is 7.65. The van der Waals surface area contributed by atoms with Crippen molar-refractivity contribution in [1.82, 2.24) is 5.32 Å². The second-order valence-corrected chi connectivity index (χ2v) is 5.69. The number of rotatable bonds is 4. The Morgan fingerprint density at radius 3 is 2.60 bits per heavy atom. The molecule has 0 aliphatic carbocycles. The highest BCUT2D eigenvalue weighted by atomic mass is 16.5. The zero-order valence-corrected chi connectivity index (χ0v) is 12.2. The van der Waals surface area contributed by atoms with Crippen LogP contribution in [-0.4, -0.2) is 45.0 Å². The molecule has 2 unspecified atom stereocenters. The summed E-state index contributed by atoms with van der Waals surface area (Å²) in [6, 6.07) is 8.43. The third-order valence-corrected chi connectivity index (χ3v) is 4.07. The number of hydrogen-bond donors (Lipinski definition) is 1. The summed E-state index contributed by atoms with van der Waals surface area (Å²) in [6.07, 6.45) is 2.91. The zero-order chi connectivity index (χ0) is 13.8. The smallest absolute Gasteiger partial charge is 0.119 e. The lowest BCUT2D eigenvalue weighted by molar-refractivity contribution is 0.0264. The molecule has 2 heterocycles. The Kier molecular flexibility index (Phi) is 4.43. The fourth-order valence-corrected chi connectivity index (χ4v) is 2.87. The van der Waals surface area contributed by atoms with E-state index < -0.39 is 0 Å². The highest BCUT2D eigenvalue weighted by Crippen LogP contribution is 2.22. The monoisotopic (exact) mass is 276 g/mol. The number of benzene rings is 1. The predicted octanol–water partition coefficient (Wildman–Crippen LogP) is 2.04. The van der Waals surface area contributed by atoms with Gasteiger partial charge in [-0.2, -0.15) is 0 Å². The van der Waals surface area contributed by atoms with Crippen LogP contribution in [0.4, 0.5) is 5.69 Å². The van der Waals surface area contributed by atoms with Crippen LogP contribution in [-0.2, 0) is 4.74 Å². The van der Waals surface area contributed by atoms with Crippen molar-refractivity contribution in [2.75, 3.05) is 37.7 Å². The number of nitrogens with zero attached hydrogens (tertiary/aromatic N) is 1. The predicted molar refractivity (Wildman–Crippen MR) is 80.6 cm³/mol. The molecule has 4 heteroatoms. The van der Waals surface area contributed by atoms with E-state index in [0.29, 0.717) is 12.7 Å². The van der Waals surface area contributed by atoms with Crippen LogP contribution < -0.4 is 15.0 Å². The molecule has 1 aromatic carbocycles. The molecule has 1 N–H and O–H groups in total. The van der Waals surface area contributed by atoms with Crippen molar-refractivity contribution in [2.24, 2.45) is 0 Å². The Morgan fingerprint density at radius 1 is 1.20 bits per heavy atom. The highest BCUT2D eigenvalue weighted by Gasteiger charge is 2.22. The van der Waals surface area contributed by atoms with E-state index in [-0.39, 0.29) is 6.10 Å². The van der Waals surface area contributed by atoms with Gasteiger partial charge in [-0.1, -0.05) is 0 Å². The summed E-state index contributed by atoms with van der Waals surface area (Å²) in [6.45, 7) is 7.08. The fraction of sp³-hybridized carbons (Fsp3) is 0.625. The molecule has 0 spiro atoms. The Bertz CT molecular complexity index is 415. The summed E-state index contributed by atoms with van der Waals surface area (Å²) in [5, 5.41) is 3.37. The van der Waals surface area contributed by atoms with Gasteiger partial charge in [0.25, 0.3) is 0 Å². The van der Waals surface area contributed by atoms with E-state index in [1.165, 1.54) is 5.69 Å². The van der Waals surface area contributed by atoms with E-state index in [0.717, 1.165) is 44.8 Å². The van der Waals surface area contributed by atoms with Gasteiger partial charge in [0.1, 0.15) is 12.4 Å². The molecule has 1 aromatic rings. The summed E-state index contributed by atoms with van der Waals surface area (Å²) in [4.78, 5) is 2.40. The van der Waals surface area contributed by atoms with Gasteiger partial charge in [-0.15, -0.1) is 0 Å². The summed E-state index contributed by atoms with van der Waals surface area (Å²) >= 11 is 0. The van der Waals surface area contributed by atoms with Crippen LogP contribution in [0.25, 0.3) is 0 Å². The minimum absolute atomic E-state index is 0.262. The lowest BCUT2D eigenvalue weighted by atomic mass is 10.2. The van der Waals surface area contributed by atoms with Gasteiger partial charge in [-0.3, -0.25) is 0 Å². The normalized spacial score (nSPS) is 26.8. The van der Waals surface area contributed by atoms with Crippen LogP contribution in [0.15, 0.2) is 24.3 Å². The van der Waals surface area contributed by atoms with Crippen LogP contribution in [0.5, 0.6) is 5.75 Å². The third kappa shape index (κ3) is 3.44. The van der Waals surface area contributed by atoms with E-state index >= 15 is 0 Å². The van der Waals surface area contributed by atoms with Gasteiger partial charge in [0.05, 0.1) is 12.2 Å². The first-order chi connectivity index (χ1) is 9.81. The lowest BCUT2D eigenvalue weighted by Gasteiger charge is -2.29. The van der Waals surface area contributed by atoms with Crippen molar-refractivity contribution in [3.63, 3.8) is 0 Å². The minimum atomic E-state index is 0.262. The maximum atomic E-state index is 5.82. The SMILES string of the molecule is CC1CCC(COc2ccc(N3CCNCC3)cc2)O1. The van der Waals surface area contributed by atoms with E-state index in [2.05, 4.69) is 41.4 Å². The van der Waals surface area contributed by atoms with Crippen molar-refractivity contribution in [3.05, 3.63) is 24.3 Å². The number of hydrogen-bond acceptors (Lipinski definition) is 4. The quantitative estimate of drug-likeness (QED) is 0.912. The molecule has 20 heavy (non-hydrogen) atoms. The van der Waals surface area contributed by atoms with Gasteiger partial charge in [0, 0.05) is 31.9 Å². The number of ether oxygens (including phenoxy) is 2. The summed E-state index contributed by atoms with van der Waals surface area (Å²) < 4.78 is 11.6. The lowest BCUT2D eigenvalue weighted by Crippen LogP contribution is -2.43. The molecule has 2 saturated heterocycles. The van der Waals surface area contributed by atoms with Crippen LogP contribution in [0, 0.1) is 0 Å². The maximum Gasteiger partial charge on any atom is 0.119 e. The van der Waals surface area contributed by atoms with Crippen LogP contribution >= 0.6 is 0 Å². The van der Waals surface area contributed by atoms with E-state index in [9.17, 15) is 0 Å². The van der Waals surface area contributed by atoms with Crippen molar-refractivity contribution >= 4 is 5.69 Å². The Balaban J connectivity index is 1.50. The molecule has 2 aliphatic rings. The van der Waals surface area contributed by atoms with Crippen molar-refractivity contribution < 1.29 is 9.47 Å². The second kappa shape index (κ2) is 6.46. The fourth-order valence-electron chi connectivity index (χ4n) is 2.87. The first-order valence-corrected chi connectivity index (χ1v) is 7.65. The minimum Gasteiger partial charge on any atom is -0.491 e. The van der Waals surface area contributed by atoms with Gasteiger partial charge in [0.2, 0.25) is 0 Å². The molecule has 0 amide bonds. The number of piperazine rings is 1. The molecule has 3 rings (SSSR count). The van der Waals surface area contributed by atoms with Gasteiger partial charge < -0.3 is 19.7 Å². The van der Waals surface area contributed by atoms with E-state index in [4.69, 9.17) is 9.47 Å². The maximum absolute atomic E-state index is 5.82. The molecule has 110 valence electrons.